The number of ether oxygens (including phenoxy) is 2. The van der Waals surface area contributed by atoms with Crippen LogP contribution in [-0.2, 0) is 30.4 Å². The molecule has 20 heteroatoms. The minimum Gasteiger partial charge on any atom is -0.379 e. The van der Waals surface area contributed by atoms with Gasteiger partial charge in [0.05, 0.1) is 62.6 Å². The number of Topliss-reactive ketones (excluding diaryl/α,β-unsaturated/α-hetero) is 1. The number of ketones is 1. The van der Waals surface area contributed by atoms with Crippen molar-refractivity contribution in [2.75, 3.05) is 58.9 Å². The highest BCUT2D eigenvalue weighted by molar-refractivity contribution is 8.14. The fourth-order valence-corrected chi connectivity index (χ4v) is 10.9. The zero-order chi connectivity index (χ0) is 51.7. The van der Waals surface area contributed by atoms with Gasteiger partial charge >= 0.3 is 0 Å². The molecule has 4 atom stereocenters. The number of carbonyl (C=O) groups excluding carboxylic acids is 5. The Labute approximate surface area is 431 Å². The second kappa shape index (κ2) is 24.0. The largest absolute Gasteiger partial charge is 0.379 e. The summed E-state index contributed by atoms with van der Waals surface area (Å²) in [5.41, 5.74) is 5.45. The van der Waals surface area contributed by atoms with Crippen LogP contribution in [0.1, 0.15) is 66.2 Å². The van der Waals surface area contributed by atoms with Crippen molar-refractivity contribution in [1.29, 1.82) is 0 Å². The van der Waals surface area contributed by atoms with Gasteiger partial charge in [-0.3, -0.25) is 29.0 Å². The van der Waals surface area contributed by atoms with Gasteiger partial charge in [-0.05, 0) is 99.7 Å². The molecule has 2 saturated heterocycles. The van der Waals surface area contributed by atoms with E-state index in [0.29, 0.717) is 56.8 Å². The normalized spacial score (nSPS) is 17.9. The van der Waals surface area contributed by atoms with Crippen LogP contribution < -0.4 is 10.6 Å². The molecule has 6 aromatic rings. The van der Waals surface area contributed by atoms with Crippen LogP contribution in [0.4, 0.5) is 8.78 Å². The highest BCUT2D eigenvalue weighted by Gasteiger charge is 2.43. The molecule has 1 unspecified atom stereocenters. The molecule has 3 aliphatic heterocycles. The van der Waals surface area contributed by atoms with E-state index in [0.717, 1.165) is 50.3 Å². The predicted molar refractivity (Wildman–Crippen MR) is 277 cm³/mol. The van der Waals surface area contributed by atoms with E-state index < -0.39 is 23.9 Å². The lowest BCUT2D eigenvalue weighted by Crippen LogP contribution is -2.58. The number of aromatic nitrogens is 5. The molecule has 7 heterocycles. The van der Waals surface area contributed by atoms with Crippen LogP contribution >= 0.6 is 11.8 Å². The summed E-state index contributed by atoms with van der Waals surface area (Å²) in [7, 11) is 1.68. The molecule has 74 heavy (non-hydrogen) atoms. The van der Waals surface area contributed by atoms with Gasteiger partial charge in [0.15, 0.2) is 5.78 Å². The molecule has 3 aliphatic rings. The fraction of sp³-hybridized carbons (Fsp3) is 0.407. The lowest BCUT2D eigenvalue weighted by atomic mass is 9.88. The molecule has 2 aromatic carbocycles. The van der Waals surface area contributed by atoms with E-state index in [-0.39, 0.29) is 86.5 Å². The van der Waals surface area contributed by atoms with Gasteiger partial charge in [-0.25, -0.2) is 18.4 Å². The first-order valence-electron chi connectivity index (χ1n) is 25.1. The summed E-state index contributed by atoms with van der Waals surface area (Å²) < 4.78 is 41.9. The van der Waals surface area contributed by atoms with Gasteiger partial charge in [-0.2, -0.15) is 5.10 Å². The number of fused-ring (bicyclic) bond motifs is 1. The van der Waals surface area contributed by atoms with E-state index in [2.05, 4.69) is 25.7 Å². The fourth-order valence-electron chi connectivity index (χ4n) is 9.72. The number of hydrogen-bond donors (Lipinski definition) is 3. The van der Waals surface area contributed by atoms with Crippen LogP contribution in [0.5, 0.6) is 0 Å². The zero-order valence-electron chi connectivity index (χ0n) is 41.4. The van der Waals surface area contributed by atoms with Gasteiger partial charge in [0.25, 0.3) is 0 Å². The number of H-pyrrole nitrogens is 1. The number of nitrogens with zero attached hydrogens (tertiary/aromatic N) is 7. The van der Waals surface area contributed by atoms with Crippen LogP contribution in [-0.4, -0.2) is 152 Å². The van der Waals surface area contributed by atoms with E-state index >= 15 is 0 Å². The standard InChI is InChI=1S/C54H60F2N10O7S/c1-34(57-2)52(70)62-49(54(71)65-17-4-7-46(65)53-61-45(33-74-53)50(69)37-8-10-41(55)11-9-37)36-13-19-64(20-14-36)47(67)15-21-72-23-24-73-22-16-48(68)66-32-40(28-60-66)39-26-43-44(29-59-51(43)58-27-39)38-12-18-63(31-38)30-35-5-3-6-42(56)25-35/h3,5-6,8-12,18,25-29,31-32,34,36,45-46,49,57H,4,7,13-17,19-24,30,33H2,1-2H3,(H,58,59)(H,62,70)/t34-,45?,46-,49-/m0/s1. The number of pyridine rings is 1. The van der Waals surface area contributed by atoms with Gasteiger partial charge in [0.2, 0.25) is 23.6 Å². The van der Waals surface area contributed by atoms with E-state index in [1.807, 2.05) is 41.4 Å². The second-order valence-electron chi connectivity index (χ2n) is 18.9. The molecule has 9 rings (SSSR count). The van der Waals surface area contributed by atoms with Gasteiger partial charge < -0.3 is 39.5 Å². The van der Waals surface area contributed by atoms with Crippen LogP contribution in [0.2, 0.25) is 0 Å². The summed E-state index contributed by atoms with van der Waals surface area (Å²) in [5.74, 6) is -1.45. The number of piperidine rings is 1. The average Bonchev–Trinajstić information content (AvgIpc) is 4.29. The zero-order valence-corrected chi connectivity index (χ0v) is 42.2. The molecule has 17 nitrogen and oxygen atoms in total. The van der Waals surface area contributed by atoms with Gasteiger partial charge in [0.1, 0.15) is 29.4 Å². The van der Waals surface area contributed by atoms with Crippen molar-refractivity contribution in [2.24, 2.45) is 10.9 Å². The Hall–Kier alpha value is -6.87. The first-order chi connectivity index (χ1) is 35.9. The van der Waals surface area contributed by atoms with Crippen LogP contribution in [0.15, 0.2) is 103 Å². The maximum atomic E-state index is 14.5. The number of benzene rings is 2. The Morgan fingerprint density at radius 3 is 2.38 bits per heavy atom. The number of carbonyl (C=O) groups is 5. The summed E-state index contributed by atoms with van der Waals surface area (Å²) in [4.78, 5) is 83.3. The Bertz CT molecular complexity index is 3000. The highest BCUT2D eigenvalue weighted by Crippen LogP contribution is 2.34. The molecule has 2 fully saturated rings. The molecule has 3 amide bonds. The maximum absolute atomic E-state index is 14.5. The minimum absolute atomic E-state index is 0.0666. The molecule has 3 N–H and O–H groups in total. The smallest absolute Gasteiger partial charge is 0.249 e. The first kappa shape index (κ1) is 52.0. The van der Waals surface area contributed by atoms with Crippen molar-refractivity contribution >= 4 is 57.3 Å². The van der Waals surface area contributed by atoms with Gasteiger partial charge in [-0.15, -0.1) is 11.8 Å². The summed E-state index contributed by atoms with van der Waals surface area (Å²) in [6.45, 7) is 4.45. The Morgan fingerprint density at radius 1 is 0.851 bits per heavy atom. The number of likely N-dealkylation sites (tertiary alicyclic amines) is 2. The molecule has 0 radical (unpaired) electrons. The molecule has 0 spiro atoms. The lowest BCUT2D eigenvalue weighted by Gasteiger charge is -2.38. The number of likely N-dealkylation sites (N-methyl/N-ethyl adjacent to an activating group) is 1. The minimum atomic E-state index is -0.804. The van der Waals surface area contributed by atoms with Crippen LogP contribution in [0, 0.1) is 17.6 Å². The molecule has 4 aromatic heterocycles. The van der Waals surface area contributed by atoms with E-state index in [9.17, 15) is 32.8 Å². The summed E-state index contributed by atoms with van der Waals surface area (Å²) in [6.07, 6.45) is 13.7. The second-order valence-corrected chi connectivity index (χ2v) is 19.9. The number of nitrogens with one attached hydrogen (secondary N) is 3. The van der Waals surface area contributed by atoms with Crippen molar-refractivity contribution in [3.8, 4) is 22.3 Å². The Balaban J connectivity index is 0.693. The van der Waals surface area contributed by atoms with Crippen molar-refractivity contribution < 1.29 is 42.2 Å². The quantitative estimate of drug-likeness (QED) is 0.0533. The number of amides is 3. The summed E-state index contributed by atoms with van der Waals surface area (Å²) >= 11 is 1.46. The molecule has 0 bridgehead atoms. The number of aliphatic imine (C=N–C) groups is 1. The van der Waals surface area contributed by atoms with Gasteiger partial charge in [0, 0.05) is 96.1 Å². The third kappa shape index (κ3) is 12.4. The number of halogens is 2. The van der Waals surface area contributed by atoms with Crippen molar-refractivity contribution in [1.82, 2.24) is 44.7 Å². The topological polar surface area (TPSA) is 198 Å². The Morgan fingerprint density at radius 2 is 1.62 bits per heavy atom. The molecular weight excluding hydrogens is 971 g/mol. The third-order valence-electron chi connectivity index (χ3n) is 14.0. The average molecular weight is 1030 g/mol. The van der Waals surface area contributed by atoms with E-state index in [4.69, 9.17) is 14.5 Å². The van der Waals surface area contributed by atoms with Crippen LogP contribution in [0.25, 0.3) is 33.3 Å². The van der Waals surface area contributed by atoms with Crippen molar-refractivity contribution in [3.05, 3.63) is 121 Å². The SMILES string of the molecule is CN[C@@H](C)C(=O)N[C@H](C(=O)N1CCC[C@H]1C1=NC(C(=O)c2ccc(F)cc2)CS1)C1CCN(C(=O)CCOCCOCCC(=O)n2cc(-c3cnc4[nH]cc(-c5ccn(Cc6cccc(F)c6)c5)c4c3)cn2)CC1. The first-order valence-corrected chi connectivity index (χ1v) is 26.1. The number of aromatic amines is 1. The monoisotopic (exact) mass is 1030 g/mol. The molecule has 388 valence electrons. The number of thioether (sulfide) groups is 1. The maximum Gasteiger partial charge on any atom is 0.249 e. The Kier molecular flexibility index (Phi) is 16.9. The van der Waals surface area contributed by atoms with E-state index in [1.165, 1.54) is 52.8 Å². The molecule has 0 saturated carbocycles. The number of rotatable bonds is 21. The van der Waals surface area contributed by atoms with Crippen molar-refractivity contribution in [3.63, 3.8) is 0 Å². The van der Waals surface area contributed by atoms with Crippen LogP contribution in [0.3, 0.4) is 0 Å². The molecular formula is C54H60F2N10O7S. The third-order valence-corrected chi connectivity index (χ3v) is 15.1. The highest BCUT2D eigenvalue weighted by atomic mass is 32.2. The lowest BCUT2D eigenvalue weighted by molar-refractivity contribution is -0.140. The summed E-state index contributed by atoms with van der Waals surface area (Å²) in [6, 6.07) is 13.7. The van der Waals surface area contributed by atoms with Gasteiger partial charge in [-0.1, -0.05) is 12.1 Å². The predicted octanol–water partition coefficient (Wildman–Crippen LogP) is 6.39. The van der Waals surface area contributed by atoms with Crippen molar-refractivity contribution in [2.45, 2.75) is 76.2 Å². The molecule has 0 aliphatic carbocycles. The van der Waals surface area contributed by atoms with E-state index in [1.54, 1.807) is 48.4 Å². The summed E-state index contributed by atoms with van der Waals surface area (Å²) in [5, 5.41) is 11.9. The number of hydrogen-bond acceptors (Lipinski definition) is 12.